The first kappa shape index (κ1) is 15.5. The van der Waals surface area contributed by atoms with Crippen LogP contribution >= 0.6 is 11.3 Å². The van der Waals surface area contributed by atoms with Gasteiger partial charge in [0.15, 0.2) is 0 Å². The molecule has 0 saturated carbocycles. The highest BCUT2D eigenvalue weighted by atomic mass is 32.1. The number of nitrogens with one attached hydrogen (secondary N) is 1. The van der Waals surface area contributed by atoms with E-state index < -0.39 is 0 Å². The van der Waals surface area contributed by atoms with Crippen LogP contribution in [0.3, 0.4) is 0 Å². The van der Waals surface area contributed by atoms with Crippen molar-refractivity contribution in [1.82, 2.24) is 9.97 Å². The zero-order valence-electron chi connectivity index (χ0n) is 12.9. The largest absolute Gasteiger partial charge is 0.370 e. The van der Waals surface area contributed by atoms with Gasteiger partial charge in [0, 0.05) is 18.0 Å². The van der Waals surface area contributed by atoms with Gasteiger partial charge in [0.2, 0.25) is 0 Å². The van der Waals surface area contributed by atoms with E-state index in [1.165, 1.54) is 11.3 Å². The molecule has 0 radical (unpaired) electrons. The number of nitrogens with zero attached hydrogens (tertiary/aromatic N) is 3. The molecule has 0 aromatic carbocycles. The van der Waals surface area contributed by atoms with Crippen molar-refractivity contribution in [3.8, 4) is 16.6 Å². The third-order valence-corrected chi connectivity index (χ3v) is 4.17. The number of anilines is 1. The summed E-state index contributed by atoms with van der Waals surface area (Å²) in [6, 6.07) is 5.99. The van der Waals surface area contributed by atoms with E-state index in [1.807, 2.05) is 19.1 Å². The molecular weight excluding hydrogens is 280 g/mol. The van der Waals surface area contributed by atoms with Gasteiger partial charge >= 0.3 is 0 Å². The minimum atomic E-state index is 0.266. The molecule has 0 bridgehead atoms. The van der Waals surface area contributed by atoms with Gasteiger partial charge in [-0.3, -0.25) is 0 Å². The predicted octanol–water partition coefficient (Wildman–Crippen LogP) is 4.33. The van der Waals surface area contributed by atoms with E-state index in [4.69, 9.17) is 10.2 Å². The van der Waals surface area contributed by atoms with Crippen LogP contribution in [0.5, 0.6) is 0 Å². The van der Waals surface area contributed by atoms with Crippen molar-refractivity contribution in [2.75, 3.05) is 11.9 Å². The molecular formula is C16H20N4S. The van der Waals surface area contributed by atoms with Gasteiger partial charge in [-0.05, 0) is 25.5 Å². The first-order valence-electron chi connectivity index (χ1n) is 7.19. The van der Waals surface area contributed by atoms with Crippen LogP contribution < -0.4 is 5.32 Å². The molecule has 2 aromatic rings. The van der Waals surface area contributed by atoms with Gasteiger partial charge < -0.3 is 5.32 Å². The fourth-order valence-electron chi connectivity index (χ4n) is 1.97. The third-order valence-electron chi connectivity index (χ3n) is 3.17. The van der Waals surface area contributed by atoms with Crippen LogP contribution in [0.4, 0.5) is 5.82 Å². The molecule has 5 heteroatoms. The smallest absolute Gasteiger partial charge is 0.134 e. The minimum Gasteiger partial charge on any atom is -0.370 e. The molecule has 0 saturated heterocycles. The topological polar surface area (TPSA) is 61.6 Å². The Kier molecular flexibility index (Phi) is 4.92. The zero-order valence-corrected chi connectivity index (χ0v) is 13.7. The first-order chi connectivity index (χ1) is 10.1. The Bertz CT molecular complexity index is 667. The fraction of sp³-hybridized carbons (Fsp3) is 0.438. The van der Waals surface area contributed by atoms with Gasteiger partial charge in [-0.15, -0.1) is 11.3 Å². The van der Waals surface area contributed by atoms with Crippen LogP contribution in [0.1, 0.15) is 49.4 Å². The van der Waals surface area contributed by atoms with Crippen molar-refractivity contribution < 1.29 is 0 Å². The molecule has 0 aliphatic rings. The highest BCUT2D eigenvalue weighted by Gasteiger charge is 2.15. The second kappa shape index (κ2) is 6.68. The van der Waals surface area contributed by atoms with Gasteiger partial charge in [-0.25, -0.2) is 9.97 Å². The third kappa shape index (κ3) is 3.40. The lowest BCUT2D eigenvalue weighted by Crippen LogP contribution is -2.09. The summed E-state index contributed by atoms with van der Waals surface area (Å²) in [6.07, 6.45) is 1.05. The van der Waals surface area contributed by atoms with Crippen LogP contribution in [0.15, 0.2) is 12.1 Å². The average molecular weight is 300 g/mol. The molecule has 0 unspecified atom stereocenters. The van der Waals surface area contributed by atoms with Gasteiger partial charge in [0.1, 0.15) is 22.6 Å². The second-order valence-corrected chi connectivity index (χ2v) is 6.34. The van der Waals surface area contributed by atoms with Crippen molar-refractivity contribution in [1.29, 1.82) is 5.26 Å². The lowest BCUT2D eigenvalue weighted by atomic mass is 10.1. The molecule has 0 spiro atoms. The highest BCUT2D eigenvalue weighted by Crippen LogP contribution is 2.32. The molecule has 2 aromatic heterocycles. The van der Waals surface area contributed by atoms with Crippen molar-refractivity contribution in [3.63, 3.8) is 0 Å². The van der Waals surface area contributed by atoms with Crippen molar-refractivity contribution >= 4 is 17.2 Å². The summed E-state index contributed by atoms with van der Waals surface area (Å²) in [5, 5.41) is 12.4. The zero-order chi connectivity index (χ0) is 15.4. The Morgan fingerprint density at radius 1 is 1.33 bits per heavy atom. The summed E-state index contributed by atoms with van der Waals surface area (Å²) in [5.41, 5.74) is 1.97. The SMILES string of the molecule is CCCNc1nc(C(C)C)nc(-c2ccc(C#N)s2)c1C. The van der Waals surface area contributed by atoms with Gasteiger partial charge in [0.05, 0.1) is 10.6 Å². The van der Waals surface area contributed by atoms with Gasteiger partial charge in [-0.1, -0.05) is 20.8 Å². The summed E-state index contributed by atoms with van der Waals surface area (Å²) in [5.74, 6) is 2.00. The van der Waals surface area contributed by atoms with Gasteiger partial charge in [0.25, 0.3) is 0 Å². The lowest BCUT2D eigenvalue weighted by molar-refractivity contribution is 0.773. The van der Waals surface area contributed by atoms with E-state index in [9.17, 15) is 0 Å². The van der Waals surface area contributed by atoms with Crippen LogP contribution in [-0.2, 0) is 0 Å². The standard InChI is InChI=1S/C16H20N4S/c1-5-8-18-16-11(4)14(19-15(20-16)10(2)3)13-7-6-12(9-17)21-13/h6-7,10H,5,8H2,1-4H3,(H,18,19,20). The quantitative estimate of drug-likeness (QED) is 0.892. The maximum atomic E-state index is 9.00. The predicted molar refractivity (Wildman–Crippen MR) is 87.7 cm³/mol. The monoisotopic (exact) mass is 300 g/mol. The number of aromatic nitrogens is 2. The van der Waals surface area contributed by atoms with E-state index in [0.717, 1.165) is 40.7 Å². The van der Waals surface area contributed by atoms with E-state index in [0.29, 0.717) is 4.88 Å². The Morgan fingerprint density at radius 3 is 2.67 bits per heavy atom. The summed E-state index contributed by atoms with van der Waals surface area (Å²) < 4.78 is 0. The van der Waals surface area contributed by atoms with Gasteiger partial charge in [-0.2, -0.15) is 5.26 Å². The normalized spacial score (nSPS) is 10.7. The summed E-state index contributed by atoms with van der Waals surface area (Å²) in [6.45, 7) is 9.23. The molecule has 1 N–H and O–H groups in total. The number of rotatable bonds is 5. The molecule has 2 rings (SSSR count). The molecule has 0 aliphatic heterocycles. The number of hydrogen-bond acceptors (Lipinski definition) is 5. The summed E-state index contributed by atoms with van der Waals surface area (Å²) in [4.78, 5) is 11.1. The minimum absolute atomic E-state index is 0.266. The molecule has 0 amide bonds. The first-order valence-corrected chi connectivity index (χ1v) is 8.01. The van der Waals surface area contributed by atoms with E-state index in [1.54, 1.807) is 0 Å². The maximum Gasteiger partial charge on any atom is 0.134 e. The Balaban J connectivity index is 2.52. The van der Waals surface area contributed by atoms with Crippen LogP contribution in [-0.4, -0.2) is 16.5 Å². The van der Waals surface area contributed by atoms with E-state index in [2.05, 4.69) is 37.1 Å². The number of nitriles is 1. The second-order valence-electron chi connectivity index (χ2n) is 5.26. The molecule has 4 nitrogen and oxygen atoms in total. The maximum absolute atomic E-state index is 9.00. The van der Waals surface area contributed by atoms with Crippen molar-refractivity contribution in [2.24, 2.45) is 0 Å². The lowest BCUT2D eigenvalue weighted by Gasteiger charge is -2.14. The van der Waals surface area contributed by atoms with E-state index in [-0.39, 0.29) is 5.92 Å². The number of thiophene rings is 1. The number of hydrogen-bond donors (Lipinski definition) is 1. The van der Waals surface area contributed by atoms with E-state index >= 15 is 0 Å². The van der Waals surface area contributed by atoms with Crippen LogP contribution in [0.2, 0.25) is 0 Å². The highest BCUT2D eigenvalue weighted by molar-refractivity contribution is 7.16. The Morgan fingerprint density at radius 2 is 2.10 bits per heavy atom. The summed E-state index contributed by atoms with van der Waals surface area (Å²) >= 11 is 1.47. The Labute approximate surface area is 129 Å². The van der Waals surface area contributed by atoms with Crippen molar-refractivity contribution in [3.05, 3.63) is 28.4 Å². The molecule has 0 fully saturated rings. The molecule has 0 aliphatic carbocycles. The van der Waals surface area contributed by atoms with Crippen LogP contribution in [0.25, 0.3) is 10.6 Å². The van der Waals surface area contributed by atoms with Crippen LogP contribution in [0, 0.1) is 18.3 Å². The molecule has 0 atom stereocenters. The molecule has 21 heavy (non-hydrogen) atoms. The summed E-state index contributed by atoms with van der Waals surface area (Å²) in [7, 11) is 0. The Hall–Kier alpha value is -1.93. The molecule has 2 heterocycles. The fourth-order valence-corrected chi connectivity index (χ4v) is 2.82. The molecule has 110 valence electrons. The van der Waals surface area contributed by atoms with Crippen molar-refractivity contribution in [2.45, 2.75) is 40.0 Å². The average Bonchev–Trinajstić information content (AvgIpc) is 2.94.